The molecule has 2 N–H and O–H groups in total. The predicted molar refractivity (Wildman–Crippen MR) is 151 cm³/mol. The molecule has 0 spiro atoms. The molecule has 0 radical (unpaired) electrons. The van der Waals surface area contributed by atoms with Gasteiger partial charge in [0, 0.05) is 44.4 Å². The van der Waals surface area contributed by atoms with E-state index in [1.165, 1.54) is 16.5 Å². The van der Waals surface area contributed by atoms with Crippen molar-refractivity contribution in [2.24, 2.45) is 7.05 Å². The normalized spacial score (nSPS) is 17.2. The first-order valence-electron chi connectivity index (χ1n) is 13.7. The molecule has 2 aliphatic rings. The van der Waals surface area contributed by atoms with Crippen LogP contribution in [0.25, 0.3) is 22.3 Å². The van der Waals surface area contributed by atoms with Crippen molar-refractivity contribution in [2.45, 2.75) is 50.7 Å². The number of piperidine rings is 1. The second kappa shape index (κ2) is 9.96. The highest BCUT2D eigenvalue weighted by Crippen LogP contribution is 2.32. The van der Waals surface area contributed by atoms with E-state index in [2.05, 4.69) is 34.5 Å². The zero-order valence-electron chi connectivity index (χ0n) is 22.4. The van der Waals surface area contributed by atoms with Gasteiger partial charge in [-0.3, -0.25) is 18.8 Å². The molecule has 9 heteroatoms. The molecule has 9 nitrogen and oxygen atoms in total. The van der Waals surface area contributed by atoms with Gasteiger partial charge in [0.25, 0.3) is 5.56 Å². The summed E-state index contributed by atoms with van der Waals surface area (Å²) in [4.78, 5) is 32.8. The largest absolute Gasteiger partial charge is 0.388 e. The first kappa shape index (κ1) is 25.3. The maximum atomic E-state index is 13.4. The summed E-state index contributed by atoms with van der Waals surface area (Å²) in [5.74, 6) is 0.226. The third-order valence-corrected chi connectivity index (χ3v) is 8.27. The molecule has 1 fully saturated rings. The van der Waals surface area contributed by atoms with Crippen LogP contribution in [0.2, 0.25) is 0 Å². The van der Waals surface area contributed by atoms with Crippen LogP contribution in [0.15, 0.2) is 59.7 Å². The van der Waals surface area contributed by atoms with E-state index in [-0.39, 0.29) is 29.4 Å². The van der Waals surface area contributed by atoms with Crippen molar-refractivity contribution < 1.29 is 9.90 Å². The minimum absolute atomic E-state index is 0.0939. The number of carbonyl (C=O) groups excluding carboxylic acids is 1. The summed E-state index contributed by atoms with van der Waals surface area (Å²) in [5.41, 5.74) is 4.76. The second-order valence-electron chi connectivity index (χ2n) is 11.0. The van der Waals surface area contributed by atoms with E-state index in [0.29, 0.717) is 37.9 Å². The van der Waals surface area contributed by atoms with Crippen molar-refractivity contribution in [2.75, 3.05) is 25.0 Å². The average Bonchev–Trinajstić information content (AvgIpc) is 3.54. The van der Waals surface area contributed by atoms with E-state index in [1.54, 1.807) is 4.68 Å². The molecular formula is C30H34N6O3. The Bertz CT molecular complexity index is 1580. The molecule has 2 aromatic carbocycles. The van der Waals surface area contributed by atoms with Crippen molar-refractivity contribution in [1.29, 1.82) is 0 Å². The van der Waals surface area contributed by atoms with Gasteiger partial charge in [0.1, 0.15) is 5.52 Å². The van der Waals surface area contributed by atoms with Gasteiger partial charge in [-0.15, -0.1) is 0 Å². The molecule has 2 aromatic heterocycles. The topological polar surface area (TPSA) is 105 Å². The lowest BCUT2D eigenvalue weighted by Crippen LogP contribution is -2.49. The summed E-state index contributed by atoms with van der Waals surface area (Å²) in [6.07, 6.45) is 3.76. The number of anilines is 1. The number of aliphatic hydroxyl groups is 1. The van der Waals surface area contributed by atoms with Crippen LogP contribution in [0.4, 0.5) is 5.69 Å². The van der Waals surface area contributed by atoms with Crippen LogP contribution in [0, 0.1) is 0 Å². The van der Waals surface area contributed by atoms with Crippen molar-refractivity contribution in [3.05, 3.63) is 76.3 Å². The third-order valence-electron chi connectivity index (χ3n) is 8.27. The molecule has 0 bridgehead atoms. The highest BCUT2D eigenvalue weighted by atomic mass is 16.3. The Morgan fingerprint density at radius 1 is 1.13 bits per heavy atom. The first-order chi connectivity index (χ1) is 18.8. The summed E-state index contributed by atoms with van der Waals surface area (Å²) in [5, 5.41) is 19.3. The van der Waals surface area contributed by atoms with Gasteiger partial charge in [-0.2, -0.15) is 5.10 Å². The number of carbonyl (C=O) groups is 1. The van der Waals surface area contributed by atoms with Gasteiger partial charge < -0.3 is 15.3 Å². The summed E-state index contributed by atoms with van der Waals surface area (Å²) in [7, 11) is 1.82. The molecule has 6 rings (SSSR count). The zero-order valence-corrected chi connectivity index (χ0v) is 22.4. The van der Waals surface area contributed by atoms with Crippen molar-refractivity contribution >= 4 is 22.6 Å². The number of amides is 1. The molecule has 1 unspecified atom stereocenters. The van der Waals surface area contributed by atoms with Crippen molar-refractivity contribution in [3.8, 4) is 11.3 Å². The molecule has 4 heterocycles. The van der Waals surface area contributed by atoms with E-state index >= 15 is 0 Å². The number of aromatic nitrogens is 4. The van der Waals surface area contributed by atoms with Crippen LogP contribution in [-0.2, 0) is 24.8 Å². The van der Waals surface area contributed by atoms with Crippen molar-refractivity contribution in [1.82, 2.24) is 24.2 Å². The lowest BCUT2D eigenvalue weighted by molar-refractivity contribution is -0.136. The molecule has 4 aromatic rings. The molecule has 2 aliphatic heterocycles. The highest BCUT2D eigenvalue weighted by molar-refractivity contribution is 5.90. The Morgan fingerprint density at radius 2 is 1.90 bits per heavy atom. The van der Waals surface area contributed by atoms with E-state index < -0.39 is 5.60 Å². The van der Waals surface area contributed by atoms with Gasteiger partial charge in [-0.25, -0.2) is 4.98 Å². The highest BCUT2D eigenvalue weighted by Gasteiger charge is 2.35. The van der Waals surface area contributed by atoms with Gasteiger partial charge in [0.15, 0.2) is 5.52 Å². The third kappa shape index (κ3) is 4.83. The van der Waals surface area contributed by atoms with Crippen LogP contribution in [0.3, 0.4) is 0 Å². The number of hydrogen-bond acceptors (Lipinski definition) is 6. The Morgan fingerprint density at radius 3 is 2.67 bits per heavy atom. The van der Waals surface area contributed by atoms with Gasteiger partial charge in [0.05, 0.1) is 24.2 Å². The Hall–Kier alpha value is -3.98. The minimum atomic E-state index is -1.09. The number of rotatable bonds is 6. The van der Waals surface area contributed by atoms with Crippen LogP contribution in [-0.4, -0.2) is 60.5 Å². The fourth-order valence-electron chi connectivity index (χ4n) is 5.91. The lowest BCUT2D eigenvalue weighted by Gasteiger charge is -2.38. The van der Waals surface area contributed by atoms with Crippen LogP contribution >= 0.6 is 0 Å². The standard InChI is InChI=1S/C30H34N6O3/c1-20(21-6-4-3-5-7-21)16-25(37)35-14-11-30(39,12-15-35)18-36-19-32-26-27(29(36)38)33-34(2)28(26)23-9-8-22-10-13-31-24(22)17-23/h3-9,17,19-20,31,39H,10-16,18H2,1-2H3. The molecular weight excluding hydrogens is 492 g/mol. The van der Waals surface area contributed by atoms with E-state index in [4.69, 9.17) is 0 Å². The van der Waals surface area contributed by atoms with Gasteiger partial charge in [0.2, 0.25) is 5.91 Å². The first-order valence-corrected chi connectivity index (χ1v) is 13.7. The average molecular weight is 527 g/mol. The van der Waals surface area contributed by atoms with E-state index in [0.717, 1.165) is 35.5 Å². The predicted octanol–water partition coefficient (Wildman–Crippen LogP) is 3.31. The van der Waals surface area contributed by atoms with Crippen LogP contribution in [0.5, 0.6) is 0 Å². The lowest BCUT2D eigenvalue weighted by atomic mass is 9.90. The quantitative estimate of drug-likeness (QED) is 0.399. The maximum absolute atomic E-state index is 13.4. The number of fused-ring (bicyclic) bond motifs is 2. The summed E-state index contributed by atoms with van der Waals surface area (Å²) in [6.45, 7) is 4.03. The summed E-state index contributed by atoms with van der Waals surface area (Å²) < 4.78 is 3.16. The number of nitrogens with one attached hydrogen (secondary N) is 1. The Balaban J connectivity index is 1.16. The Labute approximate surface area is 227 Å². The maximum Gasteiger partial charge on any atom is 0.281 e. The van der Waals surface area contributed by atoms with E-state index in [9.17, 15) is 14.7 Å². The number of benzene rings is 2. The molecule has 202 valence electrons. The number of likely N-dealkylation sites (tertiary alicyclic amines) is 1. The second-order valence-corrected chi connectivity index (χ2v) is 11.0. The summed E-state index contributed by atoms with van der Waals surface area (Å²) >= 11 is 0. The van der Waals surface area contributed by atoms with Gasteiger partial charge in [-0.1, -0.05) is 49.4 Å². The fraction of sp³-hybridized carbons (Fsp3) is 0.400. The number of nitrogens with zero attached hydrogens (tertiary/aromatic N) is 5. The molecule has 39 heavy (non-hydrogen) atoms. The molecule has 1 atom stereocenters. The van der Waals surface area contributed by atoms with Crippen molar-refractivity contribution in [3.63, 3.8) is 0 Å². The minimum Gasteiger partial charge on any atom is -0.388 e. The van der Waals surface area contributed by atoms with Crippen LogP contribution in [0.1, 0.15) is 43.2 Å². The zero-order chi connectivity index (χ0) is 27.1. The molecule has 0 saturated carbocycles. The SMILES string of the molecule is CC(CC(=O)N1CCC(O)(Cn2cnc3c(-c4ccc5c(c4)NCC5)n(C)nc3c2=O)CC1)c1ccccc1. The van der Waals surface area contributed by atoms with Crippen LogP contribution < -0.4 is 10.9 Å². The molecule has 1 amide bonds. The molecule has 1 saturated heterocycles. The number of hydrogen-bond donors (Lipinski definition) is 2. The summed E-state index contributed by atoms with van der Waals surface area (Å²) in [6, 6.07) is 16.3. The molecule has 0 aliphatic carbocycles. The fourth-order valence-corrected chi connectivity index (χ4v) is 5.91. The van der Waals surface area contributed by atoms with E-state index in [1.807, 2.05) is 48.3 Å². The van der Waals surface area contributed by atoms with Gasteiger partial charge in [-0.05, 0) is 42.4 Å². The monoisotopic (exact) mass is 526 g/mol. The smallest absolute Gasteiger partial charge is 0.281 e. The Kier molecular flexibility index (Phi) is 6.46. The number of aryl methyl sites for hydroxylation is 1. The van der Waals surface area contributed by atoms with Gasteiger partial charge >= 0.3 is 0 Å².